The Morgan fingerprint density at radius 2 is 2.07 bits per heavy atom. The second kappa shape index (κ2) is 8.89. The molecule has 3 rings (SSSR count). The van der Waals surface area contributed by atoms with Crippen molar-refractivity contribution in [1.82, 2.24) is 15.2 Å². The number of aromatic nitrogens is 3. The topological polar surface area (TPSA) is 123 Å². The van der Waals surface area contributed by atoms with Crippen LogP contribution < -0.4 is 11.1 Å². The molecule has 1 aromatic carbocycles. The summed E-state index contributed by atoms with van der Waals surface area (Å²) in [5, 5.41) is 11.8. The SMILES string of the molecule is CCOC(=O)c1c(-c2ccc(C)cc2)csc1NC(=O)CSc1n[nH]c(N)n1. The minimum absolute atomic E-state index is 0.0807. The molecule has 3 aromatic rings. The summed E-state index contributed by atoms with van der Waals surface area (Å²) >= 11 is 2.42. The molecule has 0 atom stereocenters. The van der Waals surface area contributed by atoms with Gasteiger partial charge in [0.05, 0.1) is 12.4 Å². The van der Waals surface area contributed by atoms with Gasteiger partial charge in [0.2, 0.25) is 17.0 Å². The lowest BCUT2D eigenvalue weighted by atomic mass is 10.0. The summed E-state index contributed by atoms with van der Waals surface area (Å²) in [6.45, 7) is 3.99. The fourth-order valence-corrected chi connectivity index (χ4v) is 4.00. The Labute approximate surface area is 169 Å². The van der Waals surface area contributed by atoms with Gasteiger partial charge < -0.3 is 15.8 Å². The van der Waals surface area contributed by atoms with Gasteiger partial charge >= 0.3 is 5.97 Å². The fourth-order valence-electron chi connectivity index (χ4n) is 2.42. The summed E-state index contributed by atoms with van der Waals surface area (Å²) in [6.07, 6.45) is 0. The molecule has 1 amide bonds. The predicted molar refractivity (Wildman–Crippen MR) is 111 cm³/mol. The van der Waals surface area contributed by atoms with Crippen LogP contribution in [-0.2, 0) is 9.53 Å². The maximum absolute atomic E-state index is 12.5. The van der Waals surface area contributed by atoms with E-state index in [0.29, 0.717) is 15.7 Å². The zero-order valence-corrected chi connectivity index (χ0v) is 16.9. The zero-order chi connectivity index (χ0) is 20.1. The van der Waals surface area contributed by atoms with Crippen molar-refractivity contribution in [3.05, 3.63) is 40.8 Å². The molecule has 0 aliphatic heterocycles. The van der Waals surface area contributed by atoms with Crippen molar-refractivity contribution in [1.29, 1.82) is 0 Å². The van der Waals surface area contributed by atoms with Crippen LogP contribution in [-0.4, -0.2) is 39.4 Å². The number of anilines is 2. The molecule has 0 saturated heterocycles. The number of rotatable bonds is 7. The Kier molecular flexibility index (Phi) is 6.32. The second-order valence-corrected chi connectivity index (χ2v) is 7.60. The monoisotopic (exact) mass is 417 g/mol. The first kappa shape index (κ1) is 19.9. The van der Waals surface area contributed by atoms with Gasteiger partial charge in [0.1, 0.15) is 10.6 Å². The Hall–Kier alpha value is -2.85. The molecule has 0 unspecified atom stereocenters. The fraction of sp³-hybridized carbons (Fsp3) is 0.222. The van der Waals surface area contributed by atoms with Gasteiger partial charge in [-0.1, -0.05) is 41.6 Å². The van der Waals surface area contributed by atoms with Crippen molar-refractivity contribution in [2.75, 3.05) is 23.4 Å². The molecule has 146 valence electrons. The number of ether oxygens (including phenoxy) is 1. The summed E-state index contributed by atoms with van der Waals surface area (Å²) in [4.78, 5) is 28.8. The molecular weight excluding hydrogens is 398 g/mol. The van der Waals surface area contributed by atoms with Crippen molar-refractivity contribution < 1.29 is 14.3 Å². The maximum atomic E-state index is 12.5. The van der Waals surface area contributed by atoms with Gasteiger partial charge in [-0.25, -0.2) is 9.89 Å². The molecule has 28 heavy (non-hydrogen) atoms. The molecule has 0 saturated carbocycles. The number of aromatic amines is 1. The standard InChI is InChI=1S/C18H19N5O3S2/c1-3-26-16(25)14-12(11-6-4-10(2)5-7-11)8-27-15(14)20-13(24)9-28-18-21-17(19)22-23-18/h4-8H,3,9H2,1-2H3,(H,20,24)(H3,19,21,22,23). The first-order valence-corrected chi connectivity index (χ1v) is 10.3. The van der Waals surface area contributed by atoms with Crippen LogP contribution in [0.5, 0.6) is 0 Å². The lowest BCUT2D eigenvalue weighted by Gasteiger charge is -2.08. The molecule has 0 spiro atoms. The number of nitrogens with one attached hydrogen (secondary N) is 2. The highest BCUT2D eigenvalue weighted by Crippen LogP contribution is 2.36. The van der Waals surface area contributed by atoms with Gasteiger partial charge in [-0.15, -0.1) is 16.4 Å². The zero-order valence-electron chi connectivity index (χ0n) is 15.3. The normalized spacial score (nSPS) is 10.6. The number of nitrogens with two attached hydrogens (primary N) is 1. The number of hydrogen-bond acceptors (Lipinski definition) is 8. The van der Waals surface area contributed by atoms with Crippen molar-refractivity contribution in [2.24, 2.45) is 0 Å². The number of hydrogen-bond donors (Lipinski definition) is 3. The summed E-state index contributed by atoms with van der Waals surface area (Å²) in [6, 6.07) is 7.82. The van der Waals surface area contributed by atoms with E-state index in [1.165, 1.54) is 11.3 Å². The highest BCUT2D eigenvalue weighted by atomic mass is 32.2. The van der Waals surface area contributed by atoms with Crippen molar-refractivity contribution >= 4 is 45.9 Å². The predicted octanol–water partition coefficient (Wildman–Crippen LogP) is 3.33. The molecule has 0 aliphatic carbocycles. The number of amides is 1. The van der Waals surface area contributed by atoms with E-state index >= 15 is 0 Å². The largest absolute Gasteiger partial charge is 0.462 e. The molecule has 10 heteroatoms. The van der Waals surface area contributed by atoms with E-state index in [1.54, 1.807) is 6.92 Å². The molecule has 8 nitrogen and oxygen atoms in total. The van der Waals surface area contributed by atoms with E-state index in [4.69, 9.17) is 10.5 Å². The molecule has 0 fully saturated rings. The summed E-state index contributed by atoms with van der Waals surface area (Å²) < 4.78 is 5.20. The van der Waals surface area contributed by atoms with Gasteiger partial charge in [0.25, 0.3) is 0 Å². The van der Waals surface area contributed by atoms with E-state index in [1.807, 2.05) is 36.6 Å². The van der Waals surface area contributed by atoms with Crippen LogP contribution in [0.2, 0.25) is 0 Å². The number of thioether (sulfide) groups is 1. The lowest BCUT2D eigenvalue weighted by molar-refractivity contribution is -0.113. The number of esters is 1. The second-order valence-electron chi connectivity index (χ2n) is 5.78. The third kappa shape index (κ3) is 4.70. The number of carbonyl (C=O) groups excluding carboxylic acids is 2. The molecule has 2 heterocycles. The number of H-pyrrole nitrogens is 1. The molecule has 4 N–H and O–H groups in total. The van der Waals surface area contributed by atoms with Crippen LogP contribution in [0.1, 0.15) is 22.8 Å². The van der Waals surface area contributed by atoms with E-state index in [2.05, 4.69) is 20.5 Å². The highest BCUT2D eigenvalue weighted by Gasteiger charge is 2.23. The van der Waals surface area contributed by atoms with Crippen LogP contribution in [0.15, 0.2) is 34.8 Å². The Bertz CT molecular complexity index is 982. The van der Waals surface area contributed by atoms with Crippen LogP contribution in [0, 0.1) is 6.92 Å². The number of aryl methyl sites for hydroxylation is 1. The summed E-state index contributed by atoms with van der Waals surface area (Å²) in [5.41, 5.74) is 8.56. The van der Waals surface area contributed by atoms with Crippen LogP contribution in [0.25, 0.3) is 11.1 Å². The van der Waals surface area contributed by atoms with Gasteiger partial charge in [0, 0.05) is 10.9 Å². The molecule has 0 radical (unpaired) electrons. The minimum atomic E-state index is -0.469. The Balaban J connectivity index is 1.80. The van der Waals surface area contributed by atoms with Crippen LogP contribution in [0.4, 0.5) is 10.9 Å². The average Bonchev–Trinajstić information content (AvgIpc) is 3.27. The molecule has 0 aliphatic rings. The third-order valence-corrected chi connectivity index (χ3v) is 5.44. The maximum Gasteiger partial charge on any atom is 0.341 e. The lowest BCUT2D eigenvalue weighted by Crippen LogP contribution is -2.16. The Morgan fingerprint density at radius 3 is 2.71 bits per heavy atom. The smallest absolute Gasteiger partial charge is 0.341 e. The molecular formula is C18H19N5O3S2. The summed E-state index contributed by atoms with van der Waals surface area (Å²) in [7, 11) is 0. The number of nitrogens with zero attached hydrogens (tertiary/aromatic N) is 2. The van der Waals surface area contributed by atoms with Crippen molar-refractivity contribution in [2.45, 2.75) is 19.0 Å². The number of benzene rings is 1. The van der Waals surface area contributed by atoms with E-state index in [9.17, 15) is 9.59 Å². The number of carbonyl (C=O) groups is 2. The van der Waals surface area contributed by atoms with Gasteiger partial charge in [-0.05, 0) is 19.4 Å². The van der Waals surface area contributed by atoms with Crippen molar-refractivity contribution in [3.8, 4) is 11.1 Å². The number of nitrogen functional groups attached to an aromatic ring is 1. The minimum Gasteiger partial charge on any atom is -0.462 e. The van der Waals surface area contributed by atoms with Gasteiger partial charge in [0.15, 0.2) is 0 Å². The Morgan fingerprint density at radius 1 is 1.32 bits per heavy atom. The van der Waals surface area contributed by atoms with Gasteiger partial charge in [-0.2, -0.15) is 4.98 Å². The van der Waals surface area contributed by atoms with Crippen LogP contribution >= 0.6 is 23.1 Å². The molecule has 0 bridgehead atoms. The first-order chi connectivity index (χ1) is 13.5. The van der Waals surface area contributed by atoms with E-state index < -0.39 is 5.97 Å². The van der Waals surface area contributed by atoms with E-state index in [0.717, 1.165) is 28.5 Å². The third-order valence-electron chi connectivity index (χ3n) is 3.70. The quantitative estimate of drug-likeness (QED) is 0.398. The number of thiophene rings is 1. The van der Waals surface area contributed by atoms with Gasteiger partial charge in [-0.3, -0.25) is 4.79 Å². The van der Waals surface area contributed by atoms with Crippen molar-refractivity contribution in [3.63, 3.8) is 0 Å². The molecule has 2 aromatic heterocycles. The first-order valence-electron chi connectivity index (χ1n) is 8.44. The van der Waals surface area contributed by atoms with E-state index in [-0.39, 0.29) is 24.2 Å². The summed E-state index contributed by atoms with van der Waals surface area (Å²) in [5.74, 6) is -0.481. The average molecular weight is 418 g/mol. The van der Waals surface area contributed by atoms with Crippen LogP contribution in [0.3, 0.4) is 0 Å². The highest BCUT2D eigenvalue weighted by molar-refractivity contribution is 7.99.